The molecule has 0 radical (unpaired) electrons. The van der Waals surface area contributed by atoms with Gasteiger partial charge in [0.05, 0.1) is 19.1 Å². The summed E-state index contributed by atoms with van der Waals surface area (Å²) in [5.74, 6) is 0.150. The Morgan fingerprint density at radius 3 is 3.12 bits per heavy atom. The van der Waals surface area contributed by atoms with Crippen molar-refractivity contribution in [3.63, 3.8) is 0 Å². The van der Waals surface area contributed by atoms with Gasteiger partial charge in [-0.15, -0.1) is 0 Å². The quantitative estimate of drug-likeness (QED) is 0.871. The second kappa shape index (κ2) is 5.46. The Morgan fingerprint density at radius 1 is 1.56 bits per heavy atom. The van der Waals surface area contributed by atoms with Crippen LogP contribution in [0.4, 0.5) is 0 Å². The van der Waals surface area contributed by atoms with Crippen LogP contribution in [0.2, 0.25) is 0 Å². The van der Waals surface area contributed by atoms with Crippen molar-refractivity contribution in [2.75, 3.05) is 13.2 Å². The van der Waals surface area contributed by atoms with E-state index in [1.54, 1.807) is 11.3 Å². The van der Waals surface area contributed by atoms with Crippen molar-refractivity contribution < 1.29 is 9.90 Å². The molecule has 1 aromatic rings. The predicted molar refractivity (Wildman–Crippen MR) is 64.5 cm³/mol. The molecule has 0 saturated carbocycles. The van der Waals surface area contributed by atoms with Crippen LogP contribution in [0.5, 0.6) is 0 Å². The molecule has 1 atom stereocenters. The van der Waals surface area contributed by atoms with Crippen molar-refractivity contribution in [2.24, 2.45) is 0 Å². The van der Waals surface area contributed by atoms with E-state index in [4.69, 9.17) is 0 Å². The van der Waals surface area contributed by atoms with Gasteiger partial charge in [0.1, 0.15) is 0 Å². The highest BCUT2D eigenvalue weighted by Gasteiger charge is 2.25. The van der Waals surface area contributed by atoms with Crippen LogP contribution in [-0.2, 0) is 11.2 Å². The minimum atomic E-state index is 0.0416. The molecule has 3 nitrogen and oxygen atoms in total. The molecule has 0 bridgehead atoms. The molecule has 0 unspecified atom stereocenters. The van der Waals surface area contributed by atoms with Crippen molar-refractivity contribution in [1.29, 1.82) is 0 Å². The lowest BCUT2D eigenvalue weighted by atomic mass is 10.0. The van der Waals surface area contributed by atoms with Gasteiger partial charge in [-0.05, 0) is 41.7 Å². The summed E-state index contributed by atoms with van der Waals surface area (Å²) in [5.41, 5.74) is 1.08. The number of amides is 1. The molecule has 0 aliphatic carbocycles. The molecular weight excluding hydrogens is 222 g/mol. The summed E-state index contributed by atoms with van der Waals surface area (Å²) in [5, 5.41) is 13.2. The van der Waals surface area contributed by atoms with E-state index in [1.807, 2.05) is 21.7 Å². The second-order valence-electron chi connectivity index (χ2n) is 4.23. The molecule has 0 aromatic carbocycles. The number of thiophene rings is 1. The van der Waals surface area contributed by atoms with Gasteiger partial charge in [0.15, 0.2) is 0 Å². The number of aliphatic hydroxyl groups is 1. The number of aliphatic hydroxyl groups excluding tert-OH is 1. The van der Waals surface area contributed by atoms with Crippen LogP contribution in [0, 0.1) is 0 Å². The van der Waals surface area contributed by atoms with E-state index in [0.717, 1.165) is 31.4 Å². The fraction of sp³-hybridized carbons (Fsp3) is 0.583. The van der Waals surface area contributed by atoms with Gasteiger partial charge >= 0.3 is 0 Å². The summed E-state index contributed by atoms with van der Waals surface area (Å²) in [6.07, 6.45) is 3.59. The van der Waals surface area contributed by atoms with Gasteiger partial charge < -0.3 is 10.0 Å². The molecule has 2 rings (SSSR count). The van der Waals surface area contributed by atoms with E-state index in [2.05, 4.69) is 0 Å². The zero-order valence-electron chi connectivity index (χ0n) is 9.26. The Labute approximate surface area is 99.7 Å². The summed E-state index contributed by atoms with van der Waals surface area (Å²) in [4.78, 5) is 13.9. The lowest BCUT2D eigenvalue weighted by molar-refractivity contribution is -0.135. The number of carbonyl (C=O) groups is 1. The lowest BCUT2D eigenvalue weighted by Crippen LogP contribution is -2.46. The SMILES string of the molecule is O=C(Cc1ccsc1)N1CCCC[C@@H]1CO. The van der Waals surface area contributed by atoms with Gasteiger partial charge in [-0.25, -0.2) is 0 Å². The van der Waals surface area contributed by atoms with Gasteiger partial charge in [0.2, 0.25) is 5.91 Å². The van der Waals surface area contributed by atoms with Crippen LogP contribution in [-0.4, -0.2) is 35.1 Å². The Bertz CT molecular complexity index is 337. The molecular formula is C12H17NO2S. The maximum absolute atomic E-state index is 12.1. The van der Waals surface area contributed by atoms with E-state index in [0.29, 0.717) is 6.42 Å². The third kappa shape index (κ3) is 2.62. The van der Waals surface area contributed by atoms with E-state index < -0.39 is 0 Å². The van der Waals surface area contributed by atoms with Crippen molar-refractivity contribution in [3.8, 4) is 0 Å². The van der Waals surface area contributed by atoms with Crippen molar-refractivity contribution in [3.05, 3.63) is 22.4 Å². The van der Waals surface area contributed by atoms with Crippen LogP contribution >= 0.6 is 11.3 Å². The third-order valence-electron chi connectivity index (χ3n) is 3.09. The molecule has 1 fully saturated rings. The topological polar surface area (TPSA) is 40.5 Å². The summed E-state index contributed by atoms with van der Waals surface area (Å²) < 4.78 is 0. The number of hydrogen-bond donors (Lipinski definition) is 1. The lowest BCUT2D eigenvalue weighted by Gasteiger charge is -2.34. The summed E-state index contributed by atoms with van der Waals surface area (Å²) in [7, 11) is 0. The van der Waals surface area contributed by atoms with Gasteiger partial charge in [0, 0.05) is 6.54 Å². The molecule has 1 aliphatic heterocycles. The minimum Gasteiger partial charge on any atom is -0.394 e. The Balaban J connectivity index is 1.97. The summed E-state index contributed by atoms with van der Waals surface area (Å²) >= 11 is 1.61. The molecule has 16 heavy (non-hydrogen) atoms. The van der Waals surface area contributed by atoms with Gasteiger partial charge in [0.25, 0.3) is 0 Å². The number of piperidine rings is 1. The van der Waals surface area contributed by atoms with Crippen molar-refractivity contribution in [2.45, 2.75) is 31.7 Å². The smallest absolute Gasteiger partial charge is 0.227 e. The van der Waals surface area contributed by atoms with E-state index >= 15 is 0 Å². The Kier molecular flexibility index (Phi) is 3.96. The van der Waals surface area contributed by atoms with Crippen LogP contribution in [0.3, 0.4) is 0 Å². The predicted octanol–water partition coefficient (Wildman–Crippen LogP) is 1.66. The molecule has 88 valence electrons. The number of rotatable bonds is 3. The molecule has 1 saturated heterocycles. The molecule has 1 N–H and O–H groups in total. The number of carbonyl (C=O) groups excluding carboxylic acids is 1. The first-order valence-electron chi connectivity index (χ1n) is 5.72. The Hall–Kier alpha value is -0.870. The van der Waals surface area contributed by atoms with Gasteiger partial charge in [-0.3, -0.25) is 4.79 Å². The first-order chi connectivity index (χ1) is 7.81. The summed E-state index contributed by atoms with van der Waals surface area (Å²) in [6.45, 7) is 0.892. The fourth-order valence-corrected chi connectivity index (χ4v) is 2.86. The zero-order chi connectivity index (χ0) is 11.4. The summed E-state index contributed by atoms with van der Waals surface area (Å²) in [6, 6.07) is 2.03. The normalized spacial score (nSPS) is 21.1. The van der Waals surface area contributed by atoms with Crippen LogP contribution in [0.15, 0.2) is 16.8 Å². The van der Waals surface area contributed by atoms with Gasteiger partial charge in [-0.2, -0.15) is 11.3 Å². The van der Waals surface area contributed by atoms with Crippen molar-refractivity contribution in [1.82, 2.24) is 4.90 Å². The highest BCUT2D eigenvalue weighted by molar-refractivity contribution is 7.07. The molecule has 1 amide bonds. The second-order valence-corrected chi connectivity index (χ2v) is 5.01. The standard InChI is InChI=1S/C12H17NO2S/c14-8-11-3-1-2-5-13(11)12(15)7-10-4-6-16-9-10/h4,6,9,11,14H,1-3,5,7-8H2/t11-/m1/s1. The van der Waals surface area contributed by atoms with Crippen molar-refractivity contribution >= 4 is 17.2 Å². The monoisotopic (exact) mass is 239 g/mol. The first-order valence-corrected chi connectivity index (χ1v) is 6.67. The maximum atomic E-state index is 12.1. The number of likely N-dealkylation sites (tertiary alicyclic amines) is 1. The number of hydrogen-bond acceptors (Lipinski definition) is 3. The van der Waals surface area contributed by atoms with Crippen LogP contribution in [0.25, 0.3) is 0 Å². The van der Waals surface area contributed by atoms with Crippen LogP contribution < -0.4 is 0 Å². The van der Waals surface area contributed by atoms with Gasteiger partial charge in [-0.1, -0.05) is 0 Å². The van der Waals surface area contributed by atoms with Crippen LogP contribution in [0.1, 0.15) is 24.8 Å². The number of nitrogens with zero attached hydrogens (tertiary/aromatic N) is 1. The Morgan fingerprint density at radius 2 is 2.44 bits per heavy atom. The fourth-order valence-electron chi connectivity index (χ4n) is 2.19. The highest BCUT2D eigenvalue weighted by Crippen LogP contribution is 2.18. The van der Waals surface area contributed by atoms with E-state index in [9.17, 15) is 9.90 Å². The van der Waals surface area contributed by atoms with E-state index in [1.165, 1.54) is 0 Å². The molecule has 4 heteroatoms. The van der Waals surface area contributed by atoms with E-state index in [-0.39, 0.29) is 18.6 Å². The largest absolute Gasteiger partial charge is 0.394 e. The molecule has 1 aromatic heterocycles. The molecule has 2 heterocycles. The first kappa shape index (κ1) is 11.6. The average molecular weight is 239 g/mol. The highest BCUT2D eigenvalue weighted by atomic mass is 32.1. The maximum Gasteiger partial charge on any atom is 0.227 e. The third-order valence-corrected chi connectivity index (χ3v) is 3.83. The average Bonchev–Trinajstić information content (AvgIpc) is 2.81. The minimum absolute atomic E-state index is 0.0416. The molecule has 1 aliphatic rings. The zero-order valence-corrected chi connectivity index (χ0v) is 10.1. The molecule has 0 spiro atoms.